The second kappa shape index (κ2) is 12.1. The van der Waals surface area contributed by atoms with Crippen LogP contribution in [0, 0.1) is 17.8 Å². The highest BCUT2D eigenvalue weighted by Gasteiger charge is 2.58. The van der Waals surface area contributed by atoms with Crippen LogP contribution >= 0.6 is 0 Å². The van der Waals surface area contributed by atoms with Crippen molar-refractivity contribution in [1.82, 2.24) is 0 Å². The van der Waals surface area contributed by atoms with E-state index in [0.29, 0.717) is 43.8 Å². The molecule has 1 aromatic rings. The van der Waals surface area contributed by atoms with E-state index in [0.717, 1.165) is 43.1 Å². The van der Waals surface area contributed by atoms with Crippen molar-refractivity contribution < 1.29 is 32.6 Å². The van der Waals surface area contributed by atoms with Gasteiger partial charge in [0.25, 0.3) is 0 Å². The Kier molecular flexibility index (Phi) is 9.02. The number of ether oxygens (including phenoxy) is 2. The van der Waals surface area contributed by atoms with Crippen LogP contribution in [0.4, 0.5) is 8.78 Å². The van der Waals surface area contributed by atoms with Crippen LogP contribution in [0.3, 0.4) is 0 Å². The standard InChI is InChI=1S/C20H29O2S.C13H16F2O3/c1-20(2,23-14-12-22-13-15-23)19(21)18-10-8-17(9-11-18)16-6-4-3-5-7-16;1-12(14,15)11(17)18-13-4-7-2-8(5-13)10(16)9(3-7)6-13/h8-11,16H,3-7,12-15H2,1-2H3;7-9H,2-6H2,1H3/q+1;. The highest BCUT2D eigenvalue weighted by Crippen LogP contribution is 2.55. The minimum atomic E-state index is -3.45. The van der Waals surface area contributed by atoms with E-state index in [1.807, 2.05) is 0 Å². The van der Waals surface area contributed by atoms with Gasteiger partial charge in [-0.05, 0) is 76.2 Å². The molecular weight excluding hydrogens is 546 g/mol. The van der Waals surface area contributed by atoms with E-state index in [-0.39, 0.29) is 33.3 Å². The Morgan fingerprint density at radius 3 is 2.05 bits per heavy atom. The molecule has 8 heteroatoms. The van der Waals surface area contributed by atoms with Crippen LogP contribution in [0.2, 0.25) is 0 Å². The van der Waals surface area contributed by atoms with Crippen molar-refractivity contribution in [2.24, 2.45) is 17.8 Å². The van der Waals surface area contributed by atoms with Gasteiger partial charge in [-0.15, -0.1) is 0 Å². The van der Waals surface area contributed by atoms with Crippen LogP contribution in [-0.2, 0) is 30.0 Å². The third kappa shape index (κ3) is 6.74. The van der Waals surface area contributed by atoms with Gasteiger partial charge in [-0.25, -0.2) is 4.79 Å². The first kappa shape index (κ1) is 30.7. The summed E-state index contributed by atoms with van der Waals surface area (Å²) in [5.41, 5.74) is 1.52. The average molecular weight is 592 g/mol. The first-order valence-electron chi connectivity index (χ1n) is 15.4. The fourth-order valence-corrected chi connectivity index (χ4v) is 10.2. The Morgan fingerprint density at radius 2 is 1.49 bits per heavy atom. The van der Waals surface area contributed by atoms with Crippen LogP contribution in [0.15, 0.2) is 24.3 Å². The van der Waals surface area contributed by atoms with Gasteiger partial charge < -0.3 is 9.47 Å². The zero-order valence-electron chi connectivity index (χ0n) is 24.7. The first-order chi connectivity index (χ1) is 19.4. The van der Waals surface area contributed by atoms with E-state index in [4.69, 9.17) is 9.47 Å². The molecule has 0 amide bonds. The van der Waals surface area contributed by atoms with Gasteiger partial charge in [0, 0.05) is 35.2 Å². The number of alkyl halides is 2. The molecule has 41 heavy (non-hydrogen) atoms. The lowest BCUT2D eigenvalue weighted by molar-refractivity contribution is -0.207. The molecule has 7 rings (SSSR count). The van der Waals surface area contributed by atoms with Gasteiger partial charge in [0.1, 0.15) is 22.9 Å². The summed E-state index contributed by atoms with van der Waals surface area (Å²) in [5, 5.41) is 0. The number of esters is 1. The van der Waals surface area contributed by atoms with Crippen molar-refractivity contribution in [2.45, 2.75) is 107 Å². The molecular formula is C33H45F2O5S+. The SMILES string of the molecule is CC(C)(C(=O)c1ccc(C2CCCCC2)cc1)[S+]1CCOCC1.CC(F)(F)C(=O)OC12CC3CC(C1)C(=O)C(C3)C2. The normalized spacial score (nSPS) is 30.5. The van der Waals surface area contributed by atoms with Gasteiger partial charge in [0.05, 0.1) is 13.2 Å². The number of hydrogen-bond acceptors (Lipinski definition) is 5. The smallest absolute Gasteiger partial charge is 0.377 e. The second-order valence-corrected chi connectivity index (χ2v) is 16.3. The molecule has 1 aliphatic heterocycles. The van der Waals surface area contributed by atoms with Crippen LogP contribution in [-0.4, -0.2) is 58.5 Å². The average Bonchev–Trinajstić information content (AvgIpc) is 2.95. The van der Waals surface area contributed by atoms with Gasteiger partial charge >= 0.3 is 11.9 Å². The summed E-state index contributed by atoms with van der Waals surface area (Å²) < 4.78 is 36.2. The lowest BCUT2D eigenvalue weighted by Gasteiger charge is -2.54. The number of halogens is 2. The molecule has 5 aliphatic carbocycles. The zero-order valence-corrected chi connectivity index (χ0v) is 25.5. The van der Waals surface area contributed by atoms with E-state index < -0.39 is 17.5 Å². The quantitative estimate of drug-likeness (QED) is 0.210. The number of rotatable bonds is 6. The molecule has 1 heterocycles. The maximum atomic E-state index is 13.0. The number of hydrogen-bond donors (Lipinski definition) is 0. The molecule has 2 unspecified atom stereocenters. The van der Waals surface area contributed by atoms with Crippen LogP contribution in [0.5, 0.6) is 0 Å². The highest BCUT2D eigenvalue weighted by molar-refractivity contribution is 7.99. The zero-order chi connectivity index (χ0) is 29.4. The Bertz CT molecular complexity index is 1100. The topological polar surface area (TPSA) is 69.7 Å². The van der Waals surface area contributed by atoms with Crippen LogP contribution in [0.1, 0.15) is 107 Å². The molecule has 2 atom stereocenters. The predicted octanol–water partition coefficient (Wildman–Crippen LogP) is 6.68. The Labute approximate surface area is 245 Å². The number of benzene rings is 1. The van der Waals surface area contributed by atoms with Gasteiger partial charge in [0.15, 0.2) is 4.75 Å². The molecule has 6 fully saturated rings. The Morgan fingerprint density at radius 1 is 0.902 bits per heavy atom. The van der Waals surface area contributed by atoms with Crippen molar-refractivity contribution in [3.8, 4) is 0 Å². The van der Waals surface area contributed by atoms with E-state index in [1.54, 1.807) is 0 Å². The van der Waals surface area contributed by atoms with Gasteiger partial charge in [-0.3, -0.25) is 9.59 Å². The Balaban J connectivity index is 0.000000169. The molecule has 0 aromatic heterocycles. The number of carbonyl (C=O) groups excluding carboxylic acids is 3. The molecule has 6 aliphatic rings. The van der Waals surface area contributed by atoms with Crippen molar-refractivity contribution in [1.29, 1.82) is 0 Å². The molecule has 0 radical (unpaired) electrons. The Hall–Kier alpha value is -1.80. The van der Waals surface area contributed by atoms with Crippen molar-refractivity contribution in [3.63, 3.8) is 0 Å². The minimum absolute atomic E-state index is 0.0745. The van der Waals surface area contributed by atoms with Crippen molar-refractivity contribution in [3.05, 3.63) is 35.4 Å². The largest absolute Gasteiger partial charge is 0.455 e. The molecule has 0 N–H and O–H groups in total. The summed E-state index contributed by atoms with van der Waals surface area (Å²) in [4.78, 5) is 36.3. The van der Waals surface area contributed by atoms with E-state index in [1.165, 1.54) is 37.7 Å². The predicted molar refractivity (Wildman–Crippen MR) is 157 cm³/mol. The summed E-state index contributed by atoms with van der Waals surface area (Å²) in [6, 6.07) is 8.54. The molecule has 1 aromatic carbocycles. The van der Waals surface area contributed by atoms with Gasteiger partial charge in [-0.1, -0.05) is 43.5 Å². The summed E-state index contributed by atoms with van der Waals surface area (Å²) in [7, 11) is 0.130. The monoisotopic (exact) mass is 591 g/mol. The summed E-state index contributed by atoms with van der Waals surface area (Å²) >= 11 is 0. The molecule has 5 nitrogen and oxygen atoms in total. The highest BCUT2D eigenvalue weighted by atomic mass is 32.2. The third-order valence-corrected chi connectivity index (χ3v) is 13.0. The fraction of sp³-hybridized carbons (Fsp3) is 0.727. The molecule has 1 saturated heterocycles. The summed E-state index contributed by atoms with van der Waals surface area (Å²) in [6.45, 7) is 6.42. The molecule has 226 valence electrons. The summed E-state index contributed by atoms with van der Waals surface area (Å²) in [5.74, 6) is -1.37. The minimum Gasteiger partial charge on any atom is -0.455 e. The lowest BCUT2D eigenvalue weighted by Crippen LogP contribution is -2.57. The van der Waals surface area contributed by atoms with Gasteiger partial charge in [0.2, 0.25) is 5.78 Å². The lowest BCUT2D eigenvalue weighted by atomic mass is 9.53. The van der Waals surface area contributed by atoms with E-state index in [9.17, 15) is 23.2 Å². The van der Waals surface area contributed by atoms with Crippen LogP contribution in [0.25, 0.3) is 0 Å². The molecule has 4 bridgehead atoms. The summed E-state index contributed by atoms with van der Waals surface area (Å²) in [6.07, 6.45) is 9.93. The maximum absolute atomic E-state index is 13.0. The second-order valence-electron chi connectivity index (χ2n) is 13.5. The van der Waals surface area contributed by atoms with Gasteiger partial charge in [-0.2, -0.15) is 8.78 Å². The number of ketones is 2. The van der Waals surface area contributed by atoms with E-state index >= 15 is 0 Å². The molecule has 5 saturated carbocycles. The number of Topliss-reactive ketones (excluding diaryl/α,β-unsaturated/α-hetero) is 2. The first-order valence-corrected chi connectivity index (χ1v) is 17.0. The maximum Gasteiger partial charge on any atom is 0.377 e. The third-order valence-electron chi connectivity index (χ3n) is 10.1. The van der Waals surface area contributed by atoms with Crippen molar-refractivity contribution in [2.75, 3.05) is 24.7 Å². The van der Waals surface area contributed by atoms with E-state index in [2.05, 4.69) is 38.1 Å². The molecule has 0 spiro atoms. The van der Waals surface area contributed by atoms with Crippen LogP contribution < -0.4 is 0 Å². The number of carbonyl (C=O) groups is 3. The van der Waals surface area contributed by atoms with Crippen molar-refractivity contribution >= 4 is 28.4 Å². The fourth-order valence-electron chi connectivity index (χ4n) is 7.94.